The van der Waals surface area contributed by atoms with Crippen LogP contribution in [-0.4, -0.2) is 15.0 Å². The maximum Gasteiger partial charge on any atom is 0.164 e. The van der Waals surface area contributed by atoms with Gasteiger partial charge >= 0.3 is 0 Å². The van der Waals surface area contributed by atoms with Crippen molar-refractivity contribution in [2.75, 3.05) is 4.90 Å². The Morgan fingerprint density at radius 3 is 1.25 bits per heavy atom. The molecule has 0 bridgehead atoms. The molecule has 0 radical (unpaired) electrons. The van der Waals surface area contributed by atoms with Crippen LogP contribution in [0.4, 0.5) is 17.1 Å². The van der Waals surface area contributed by atoms with E-state index in [1.165, 1.54) is 61.4 Å². The molecule has 0 N–H and O–H groups in total. The molecule has 0 unspecified atom stereocenters. The molecular weight excluding hydrogens is 825 g/mol. The summed E-state index contributed by atoms with van der Waals surface area (Å²) in [6.07, 6.45) is 0. The number of hydrogen-bond acceptors (Lipinski definition) is 4. The quantitative estimate of drug-likeness (QED) is 0.160. The van der Waals surface area contributed by atoms with Gasteiger partial charge in [-0.3, -0.25) is 0 Å². The topological polar surface area (TPSA) is 41.9 Å². The number of anilines is 3. The Bertz CT molecular complexity index is 3610. The third-order valence-corrected chi connectivity index (χ3v) is 13.7. The molecule has 0 atom stereocenters. The number of aromatic nitrogens is 3. The molecule has 0 amide bonds. The Labute approximate surface area is 396 Å². The van der Waals surface area contributed by atoms with Gasteiger partial charge in [0.1, 0.15) is 0 Å². The van der Waals surface area contributed by atoms with Crippen LogP contribution in [0.1, 0.15) is 22.3 Å². The maximum atomic E-state index is 5.21. The maximum absolute atomic E-state index is 5.21. The first kappa shape index (κ1) is 39.4. The Morgan fingerprint density at radius 2 is 0.647 bits per heavy atom. The standard InChI is InChI=1S/C64H42N4/c1-4-18-43(19-5-1)44-34-36-45(37-35-44)46-38-40-48(41-39-46)62-65-61(47-20-6-2-7-21-47)66-63(67-62)50-23-16-22-49(42-50)52-27-17-31-57-60(52)53-26-10-11-28-54(53)64(57)55-29-12-14-32-58(55)68(51-24-8-3-9-25-51)59-33-15-13-30-56(59)64/h1-42H. The van der Waals surface area contributed by atoms with E-state index < -0.39 is 5.41 Å². The predicted molar refractivity (Wildman–Crippen MR) is 278 cm³/mol. The van der Waals surface area contributed by atoms with E-state index in [9.17, 15) is 0 Å². The van der Waals surface area contributed by atoms with Gasteiger partial charge < -0.3 is 4.90 Å². The van der Waals surface area contributed by atoms with E-state index in [0.29, 0.717) is 17.5 Å². The largest absolute Gasteiger partial charge is 0.310 e. The van der Waals surface area contributed by atoms with Gasteiger partial charge in [0.2, 0.25) is 0 Å². The average molecular weight is 867 g/mol. The summed E-state index contributed by atoms with van der Waals surface area (Å²) in [5.74, 6) is 1.88. The lowest BCUT2D eigenvalue weighted by molar-refractivity contribution is 0.753. The highest BCUT2D eigenvalue weighted by Gasteiger charge is 2.52. The minimum atomic E-state index is -0.549. The van der Waals surface area contributed by atoms with Crippen LogP contribution in [0.25, 0.3) is 78.7 Å². The van der Waals surface area contributed by atoms with Gasteiger partial charge in [-0.05, 0) is 97.1 Å². The number of hydrogen-bond donors (Lipinski definition) is 0. The second-order valence-electron chi connectivity index (χ2n) is 17.5. The van der Waals surface area contributed by atoms with Crippen molar-refractivity contribution in [3.63, 3.8) is 0 Å². The monoisotopic (exact) mass is 866 g/mol. The van der Waals surface area contributed by atoms with Crippen molar-refractivity contribution >= 4 is 17.1 Å². The second kappa shape index (κ2) is 16.2. The van der Waals surface area contributed by atoms with E-state index in [0.717, 1.165) is 39.1 Å². The summed E-state index contributed by atoms with van der Waals surface area (Å²) in [6.45, 7) is 0. The summed E-state index contributed by atoms with van der Waals surface area (Å²) in [5.41, 5.74) is 20.3. The summed E-state index contributed by atoms with van der Waals surface area (Å²) in [6, 6.07) is 91.2. The van der Waals surface area contributed by atoms with Crippen LogP contribution in [0.5, 0.6) is 0 Å². The SMILES string of the molecule is c1ccc(-c2ccc(-c3ccc(-c4nc(-c5ccccc5)nc(-c5cccc(-c6cccc7c6-c6ccccc6C76c7ccccc7N(c7ccccc7)c7ccccc76)c5)n4)cc3)cc2)cc1. The van der Waals surface area contributed by atoms with Crippen LogP contribution >= 0.6 is 0 Å². The Balaban J connectivity index is 0.929. The van der Waals surface area contributed by atoms with Crippen molar-refractivity contribution in [3.05, 3.63) is 277 Å². The third-order valence-electron chi connectivity index (χ3n) is 13.7. The number of rotatable bonds is 7. The van der Waals surface area contributed by atoms with Crippen LogP contribution in [0.15, 0.2) is 255 Å². The average Bonchev–Trinajstić information content (AvgIpc) is 3.72. The minimum absolute atomic E-state index is 0.549. The van der Waals surface area contributed by atoms with Crippen LogP contribution in [0.3, 0.4) is 0 Å². The third kappa shape index (κ3) is 6.34. The Hall–Kier alpha value is -8.99. The fraction of sp³-hybridized carbons (Fsp3) is 0.0156. The molecule has 0 fully saturated rings. The van der Waals surface area contributed by atoms with Gasteiger partial charge in [-0.1, -0.05) is 224 Å². The molecule has 1 spiro atoms. The lowest BCUT2D eigenvalue weighted by atomic mass is 9.64. The van der Waals surface area contributed by atoms with E-state index in [2.05, 4.69) is 235 Å². The fourth-order valence-electron chi connectivity index (χ4n) is 10.7. The molecule has 13 rings (SSSR count). The summed E-state index contributed by atoms with van der Waals surface area (Å²) < 4.78 is 0. The molecule has 68 heavy (non-hydrogen) atoms. The zero-order valence-corrected chi connectivity index (χ0v) is 37.0. The van der Waals surface area contributed by atoms with Crippen molar-refractivity contribution in [1.29, 1.82) is 0 Å². The van der Waals surface area contributed by atoms with Gasteiger partial charge in [0.25, 0.3) is 0 Å². The molecule has 1 aliphatic carbocycles. The van der Waals surface area contributed by atoms with E-state index in [-0.39, 0.29) is 0 Å². The van der Waals surface area contributed by atoms with E-state index in [1.54, 1.807) is 0 Å². The van der Waals surface area contributed by atoms with Gasteiger partial charge in [-0.25, -0.2) is 15.0 Å². The molecular formula is C64H42N4. The summed E-state index contributed by atoms with van der Waals surface area (Å²) >= 11 is 0. The van der Waals surface area contributed by atoms with Crippen LogP contribution in [-0.2, 0) is 5.41 Å². The molecule has 1 aromatic heterocycles. The van der Waals surface area contributed by atoms with Gasteiger partial charge in [0.15, 0.2) is 17.5 Å². The van der Waals surface area contributed by atoms with E-state index in [4.69, 9.17) is 15.0 Å². The first-order chi connectivity index (χ1) is 33.7. The van der Waals surface area contributed by atoms with Gasteiger partial charge in [-0.2, -0.15) is 0 Å². The molecule has 4 nitrogen and oxygen atoms in total. The molecule has 0 saturated carbocycles. The van der Waals surface area contributed by atoms with Crippen LogP contribution < -0.4 is 4.90 Å². The van der Waals surface area contributed by atoms with E-state index in [1.807, 2.05) is 24.3 Å². The number of benzene rings is 10. The molecule has 0 saturated heterocycles. The molecule has 4 heteroatoms. The smallest absolute Gasteiger partial charge is 0.164 e. The number of fused-ring (bicyclic) bond motifs is 9. The van der Waals surface area contributed by atoms with Crippen molar-refractivity contribution in [2.45, 2.75) is 5.41 Å². The molecule has 10 aromatic carbocycles. The van der Waals surface area contributed by atoms with Crippen LogP contribution in [0, 0.1) is 0 Å². The highest BCUT2D eigenvalue weighted by atomic mass is 15.2. The lowest BCUT2D eigenvalue weighted by Gasteiger charge is -2.45. The zero-order chi connectivity index (χ0) is 45.0. The van der Waals surface area contributed by atoms with Gasteiger partial charge in [0, 0.05) is 22.4 Å². The fourth-order valence-corrected chi connectivity index (χ4v) is 10.7. The van der Waals surface area contributed by atoms with E-state index >= 15 is 0 Å². The zero-order valence-electron chi connectivity index (χ0n) is 37.0. The lowest BCUT2D eigenvalue weighted by Crippen LogP contribution is -2.36. The van der Waals surface area contributed by atoms with Crippen LogP contribution in [0.2, 0.25) is 0 Å². The van der Waals surface area contributed by atoms with Gasteiger partial charge in [0.05, 0.1) is 16.8 Å². The number of para-hydroxylation sites is 3. The minimum Gasteiger partial charge on any atom is -0.310 e. The molecule has 318 valence electrons. The molecule has 2 aliphatic rings. The Kier molecular flexibility index (Phi) is 9.36. The highest BCUT2D eigenvalue weighted by molar-refractivity contribution is 6.00. The summed E-state index contributed by atoms with van der Waals surface area (Å²) in [5, 5.41) is 0. The normalized spacial score (nSPS) is 12.8. The van der Waals surface area contributed by atoms with Crippen molar-refractivity contribution in [2.24, 2.45) is 0 Å². The predicted octanol–water partition coefficient (Wildman–Crippen LogP) is 16.0. The summed E-state index contributed by atoms with van der Waals surface area (Å²) in [7, 11) is 0. The molecule has 2 heterocycles. The molecule has 1 aliphatic heterocycles. The van der Waals surface area contributed by atoms with Crippen molar-refractivity contribution in [1.82, 2.24) is 15.0 Å². The molecule has 11 aromatic rings. The van der Waals surface area contributed by atoms with Crippen molar-refractivity contribution in [3.8, 4) is 78.7 Å². The highest BCUT2D eigenvalue weighted by Crippen LogP contribution is 2.64. The Morgan fingerprint density at radius 1 is 0.265 bits per heavy atom. The second-order valence-corrected chi connectivity index (χ2v) is 17.5. The number of nitrogens with zero attached hydrogens (tertiary/aromatic N) is 4. The van der Waals surface area contributed by atoms with Crippen molar-refractivity contribution < 1.29 is 0 Å². The van der Waals surface area contributed by atoms with Gasteiger partial charge in [-0.15, -0.1) is 0 Å². The first-order valence-corrected chi connectivity index (χ1v) is 23.2. The summed E-state index contributed by atoms with van der Waals surface area (Å²) in [4.78, 5) is 17.9. The first-order valence-electron chi connectivity index (χ1n) is 23.2.